The van der Waals surface area contributed by atoms with Crippen LogP contribution >= 0.6 is 47.0 Å². The third kappa shape index (κ3) is 14.0. The van der Waals surface area contributed by atoms with Crippen molar-refractivity contribution in [1.29, 1.82) is 0 Å². The topological polar surface area (TPSA) is 102 Å². The highest BCUT2D eigenvalue weighted by molar-refractivity contribution is 8.17. The van der Waals surface area contributed by atoms with Gasteiger partial charge in [0.15, 0.2) is 0 Å². The van der Waals surface area contributed by atoms with Crippen molar-refractivity contribution >= 4 is 79.1 Å². The fourth-order valence-electron chi connectivity index (χ4n) is 5.31. The Hall–Kier alpha value is -0.580. The smallest absolute Gasteiger partial charge is 0.201 e. The van der Waals surface area contributed by atoms with Crippen LogP contribution in [-0.2, 0) is 28.8 Å². The van der Waals surface area contributed by atoms with Crippen LogP contribution in [0.25, 0.3) is 0 Å². The molecule has 0 radical (unpaired) electrons. The highest BCUT2D eigenvalue weighted by Gasteiger charge is 2.46. The van der Waals surface area contributed by atoms with Gasteiger partial charge in [0.25, 0.3) is 0 Å². The molecule has 0 heterocycles. The van der Waals surface area contributed by atoms with E-state index in [0.717, 1.165) is 0 Å². The molecule has 0 aliphatic heterocycles. The van der Waals surface area contributed by atoms with Crippen molar-refractivity contribution < 1.29 is 28.8 Å². The normalized spacial score (nSPS) is 23.2. The van der Waals surface area contributed by atoms with Crippen molar-refractivity contribution in [2.45, 2.75) is 142 Å². The summed E-state index contributed by atoms with van der Waals surface area (Å²) in [5.74, 6) is -1.66. The van der Waals surface area contributed by atoms with Crippen LogP contribution in [-0.4, -0.2) is 51.0 Å². The molecule has 2 fully saturated rings. The van der Waals surface area contributed by atoms with Gasteiger partial charge in [-0.2, -0.15) is 0 Å². The Labute approximate surface area is 283 Å². The average molecular weight is 689 g/mol. The van der Waals surface area contributed by atoms with Crippen molar-refractivity contribution in [2.24, 2.45) is 35.5 Å². The lowest BCUT2D eigenvalue weighted by Gasteiger charge is -2.28. The van der Waals surface area contributed by atoms with E-state index in [1.165, 1.54) is 47.0 Å². The van der Waals surface area contributed by atoms with Gasteiger partial charge < -0.3 is 0 Å². The third-order valence-corrected chi connectivity index (χ3v) is 11.5. The number of carbonyl (C=O) groups excluding carboxylic acids is 6. The zero-order chi connectivity index (χ0) is 34.6. The fraction of sp³-hybridized carbons (Fsp3) is 0.824. The second-order valence-corrected chi connectivity index (χ2v) is 23.3. The summed E-state index contributed by atoms with van der Waals surface area (Å²) in [6.45, 7) is 27.4. The van der Waals surface area contributed by atoms with E-state index >= 15 is 0 Å². The van der Waals surface area contributed by atoms with E-state index in [1.54, 1.807) is 0 Å². The van der Waals surface area contributed by atoms with Crippen molar-refractivity contribution in [3.63, 3.8) is 0 Å². The summed E-state index contributed by atoms with van der Waals surface area (Å²) in [7, 11) is 0. The van der Waals surface area contributed by atoms with Gasteiger partial charge in [0.2, 0.25) is 20.5 Å². The maximum Gasteiger partial charge on any atom is 0.201 e. The number of ketones is 2. The minimum absolute atomic E-state index is 0.0826. The summed E-state index contributed by atoms with van der Waals surface area (Å²) in [6.07, 6.45) is 2.28. The van der Waals surface area contributed by atoms with Crippen molar-refractivity contribution in [3.8, 4) is 0 Å². The molecule has 2 aliphatic rings. The van der Waals surface area contributed by atoms with E-state index in [2.05, 4.69) is 0 Å². The first-order chi connectivity index (χ1) is 19.6. The first-order valence-electron chi connectivity index (χ1n) is 15.6. The molecular formula is C34H56O6S4. The van der Waals surface area contributed by atoms with Crippen LogP contribution in [0, 0.1) is 35.5 Å². The molecule has 2 rings (SSSR count). The molecule has 0 bridgehead atoms. The van der Waals surface area contributed by atoms with Gasteiger partial charge in [0.05, 0.1) is 0 Å². The van der Waals surface area contributed by atoms with Crippen molar-refractivity contribution in [3.05, 3.63) is 0 Å². The van der Waals surface area contributed by atoms with Gasteiger partial charge in [0.1, 0.15) is 23.4 Å². The first-order valence-corrected chi connectivity index (χ1v) is 18.9. The standard InChI is InChI=1S/2C17H28O3S2/c2*1-10-11(8-9-12(10)18)13(14(19)21-16(2,3)4)15(20)22-17(5,6)7/h2*10-11,13H,8-9H2,1-7H3/t2*10-,11+/m00/s1. The van der Waals surface area contributed by atoms with Gasteiger partial charge in [-0.3, -0.25) is 28.8 Å². The van der Waals surface area contributed by atoms with E-state index in [-0.39, 0.29) is 74.7 Å². The largest absolute Gasteiger partial charge is 0.299 e. The Balaban J connectivity index is 0.000000440. The number of carbonyl (C=O) groups is 6. The molecule has 0 N–H and O–H groups in total. The Morgan fingerprint density at radius 2 is 0.705 bits per heavy atom. The lowest BCUT2D eigenvalue weighted by molar-refractivity contribution is -0.128. The zero-order valence-corrected chi connectivity index (χ0v) is 32.6. The Bertz CT molecular complexity index is 945. The van der Waals surface area contributed by atoms with Gasteiger partial charge in [-0.05, 0) is 24.7 Å². The summed E-state index contributed by atoms with van der Waals surface area (Å²) in [5, 5.41) is -0.330. The second-order valence-electron chi connectivity index (χ2n) is 16.0. The van der Waals surface area contributed by atoms with Crippen LogP contribution in [0.4, 0.5) is 0 Å². The van der Waals surface area contributed by atoms with Crippen molar-refractivity contribution in [2.75, 3.05) is 0 Å². The fourth-order valence-corrected chi connectivity index (χ4v) is 9.51. The molecule has 44 heavy (non-hydrogen) atoms. The highest BCUT2D eigenvalue weighted by atomic mass is 32.2. The molecule has 0 unspecified atom stereocenters. The monoisotopic (exact) mass is 688 g/mol. The van der Waals surface area contributed by atoms with E-state index in [0.29, 0.717) is 25.7 Å². The van der Waals surface area contributed by atoms with Gasteiger partial charge >= 0.3 is 0 Å². The van der Waals surface area contributed by atoms with Crippen LogP contribution in [0.15, 0.2) is 0 Å². The van der Waals surface area contributed by atoms with Crippen LogP contribution < -0.4 is 0 Å². The molecule has 0 spiro atoms. The lowest BCUT2D eigenvalue weighted by Crippen LogP contribution is -2.34. The summed E-state index contributed by atoms with van der Waals surface area (Å²) in [4.78, 5) is 74.7. The summed E-state index contributed by atoms with van der Waals surface area (Å²) in [6, 6.07) is 0. The van der Waals surface area contributed by atoms with Gasteiger partial charge in [-0.15, -0.1) is 0 Å². The molecule has 0 amide bonds. The van der Waals surface area contributed by atoms with Gasteiger partial charge in [0, 0.05) is 43.7 Å². The van der Waals surface area contributed by atoms with Gasteiger partial charge in [-0.25, -0.2) is 0 Å². The maximum absolute atomic E-state index is 12.7. The van der Waals surface area contributed by atoms with Crippen molar-refractivity contribution in [1.82, 2.24) is 0 Å². The number of rotatable bonds is 6. The molecule has 252 valence electrons. The quantitative estimate of drug-likeness (QED) is 0.252. The highest BCUT2D eigenvalue weighted by Crippen LogP contribution is 2.44. The van der Waals surface area contributed by atoms with E-state index in [1.807, 2.05) is 96.9 Å². The Morgan fingerprint density at radius 3 is 0.841 bits per heavy atom. The molecule has 2 saturated carbocycles. The lowest BCUT2D eigenvalue weighted by atomic mass is 9.86. The molecule has 0 aromatic heterocycles. The van der Waals surface area contributed by atoms with Gasteiger partial charge in [-0.1, -0.05) is 144 Å². The minimum Gasteiger partial charge on any atom is -0.299 e. The van der Waals surface area contributed by atoms with Crippen LogP contribution in [0.2, 0.25) is 0 Å². The summed E-state index contributed by atoms with van der Waals surface area (Å²) >= 11 is 4.90. The van der Waals surface area contributed by atoms with E-state index < -0.39 is 11.8 Å². The zero-order valence-electron chi connectivity index (χ0n) is 29.4. The molecular weight excluding hydrogens is 633 g/mol. The second kappa shape index (κ2) is 16.0. The SMILES string of the molecule is C[C@@H]1C(=O)CC[C@H]1C(C(=O)SC(C)(C)C)C(=O)SC(C)(C)C.C[C@@H]1C(=O)CC[C@H]1C(C(=O)SC(C)(C)C)C(=O)SC(C)(C)C. The number of Topliss-reactive ketones (excluding diaryl/α,β-unsaturated/α-hetero) is 2. The summed E-state index contributed by atoms with van der Waals surface area (Å²) in [5.41, 5.74) is 0. The van der Waals surface area contributed by atoms with Crippen LogP contribution in [0.1, 0.15) is 123 Å². The molecule has 4 atom stereocenters. The number of hydrogen-bond acceptors (Lipinski definition) is 10. The van der Waals surface area contributed by atoms with E-state index in [9.17, 15) is 28.8 Å². The Kier molecular flexibility index (Phi) is 15.1. The molecule has 6 nitrogen and oxygen atoms in total. The van der Waals surface area contributed by atoms with E-state index in [4.69, 9.17) is 0 Å². The predicted molar refractivity (Wildman–Crippen MR) is 190 cm³/mol. The van der Waals surface area contributed by atoms with Crippen LogP contribution in [0.5, 0.6) is 0 Å². The van der Waals surface area contributed by atoms with Crippen LogP contribution in [0.3, 0.4) is 0 Å². The molecule has 0 aromatic carbocycles. The predicted octanol–water partition coefficient (Wildman–Crippen LogP) is 8.67. The first kappa shape index (κ1) is 41.4. The molecule has 2 aliphatic carbocycles. The Morgan fingerprint density at radius 1 is 0.500 bits per heavy atom. The minimum atomic E-state index is -0.671. The number of thioether (sulfide) groups is 4. The number of hydrogen-bond donors (Lipinski definition) is 0. The maximum atomic E-state index is 12.7. The third-order valence-electron chi connectivity index (χ3n) is 7.25. The summed E-state index contributed by atoms with van der Waals surface area (Å²) < 4.78 is -0.913. The molecule has 0 aromatic rings. The molecule has 10 heteroatoms. The molecule has 0 saturated heterocycles. The average Bonchev–Trinajstić information content (AvgIpc) is 3.26.